The van der Waals surface area contributed by atoms with E-state index in [1.807, 2.05) is 0 Å². The van der Waals surface area contributed by atoms with Crippen molar-refractivity contribution < 1.29 is 23.1 Å². The van der Waals surface area contributed by atoms with E-state index < -0.39 is 15.8 Å². The fraction of sp³-hybridized carbons (Fsp3) is 0.133. The molecule has 1 N–H and O–H groups in total. The van der Waals surface area contributed by atoms with Gasteiger partial charge in [0.2, 0.25) is 5.88 Å². The molecular formula is C15H13N3O5S. The molecule has 3 rings (SSSR count). The number of carboxylic acids is 1. The first kappa shape index (κ1) is 15.9. The molecule has 8 nitrogen and oxygen atoms in total. The van der Waals surface area contributed by atoms with Crippen LogP contribution < -0.4 is 4.74 Å². The van der Waals surface area contributed by atoms with Crippen LogP contribution in [0.5, 0.6) is 5.88 Å². The molecule has 0 radical (unpaired) electrons. The van der Waals surface area contributed by atoms with Crippen molar-refractivity contribution >= 4 is 21.3 Å². The molecule has 3 aromatic rings. The van der Waals surface area contributed by atoms with E-state index in [2.05, 4.69) is 10.2 Å². The van der Waals surface area contributed by atoms with Crippen molar-refractivity contribution in [1.82, 2.24) is 14.8 Å². The highest BCUT2D eigenvalue weighted by atomic mass is 32.2. The van der Waals surface area contributed by atoms with Crippen molar-refractivity contribution in [3.8, 4) is 17.1 Å². The largest absolute Gasteiger partial charge is 0.480 e. The number of nitrogens with zero attached hydrogens (tertiary/aromatic N) is 3. The molecule has 0 unspecified atom stereocenters. The fourth-order valence-corrected chi connectivity index (χ4v) is 3.31. The molecule has 0 fully saturated rings. The predicted octanol–water partition coefficient (Wildman–Crippen LogP) is 1.51. The van der Waals surface area contributed by atoms with Gasteiger partial charge >= 0.3 is 5.97 Å². The molecule has 0 bridgehead atoms. The van der Waals surface area contributed by atoms with Crippen molar-refractivity contribution in [3.63, 3.8) is 0 Å². The summed E-state index contributed by atoms with van der Waals surface area (Å²) in [6.45, 7) is 0. The standard InChI is InChI=1S/C15H13N3O5S/c1-23-12-8-7-10-13(15(19)20)14(17-18(10)16-12)9-5-3-4-6-11(9)24(2,21)22/h3-8H,1-2H3,(H,19,20). The summed E-state index contributed by atoms with van der Waals surface area (Å²) in [4.78, 5) is 11.7. The van der Waals surface area contributed by atoms with Crippen LogP contribution in [0.4, 0.5) is 0 Å². The molecule has 24 heavy (non-hydrogen) atoms. The summed E-state index contributed by atoms with van der Waals surface area (Å²) < 4.78 is 30.1. The van der Waals surface area contributed by atoms with Crippen LogP contribution in [-0.4, -0.2) is 47.7 Å². The van der Waals surface area contributed by atoms with Gasteiger partial charge in [0.15, 0.2) is 9.84 Å². The van der Waals surface area contributed by atoms with Gasteiger partial charge in [0.05, 0.1) is 12.0 Å². The number of aromatic carboxylic acids is 1. The third-order valence-corrected chi connectivity index (χ3v) is 4.60. The second kappa shape index (κ2) is 5.60. The van der Waals surface area contributed by atoms with E-state index >= 15 is 0 Å². The Kier molecular flexibility index (Phi) is 3.72. The number of hydrogen-bond donors (Lipinski definition) is 1. The molecule has 2 aromatic heterocycles. The summed E-state index contributed by atoms with van der Waals surface area (Å²) in [6, 6.07) is 9.13. The molecule has 0 spiro atoms. The van der Waals surface area contributed by atoms with Crippen molar-refractivity contribution in [2.45, 2.75) is 4.90 Å². The van der Waals surface area contributed by atoms with Crippen LogP contribution in [-0.2, 0) is 9.84 Å². The fourth-order valence-electron chi connectivity index (χ4n) is 2.42. The van der Waals surface area contributed by atoms with Crippen LogP contribution in [0.3, 0.4) is 0 Å². The summed E-state index contributed by atoms with van der Waals surface area (Å²) in [7, 11) is -2.14. The van der Waals surface area contributed by atoms with E-state index in [9.17, 15) is 18.3 Å². The second-order valence-corrected chi connectivity index (χ2v) is 7.03. The van der Waals surface area contributed by atoms with Gasteiger partial charge in [-0.15, -0.1) is 14.8 Å². The first-order chi connectivity index (χ1) is 11.3. The zero-order valence-corrected chi connectivity index (χ0v) is 13.6. The summed E-state index contributed by atoms with van der Waals surface area (Å²) in [5, 5.41) is 17.8. The highest BCUT2D eigenvalue weighted by molar-refractivity contribution is 7.90. The smallest absolute Gasteiger partial charge is 0.340 e. The number of aromatic nitrogens is 3. The van der Waals surface area contributed by atoms with Crippen molar-refractivity contribution in [1.29, 1.82) is 0 Å². The number of benzene rings is 1. The topological polar surface area (TPSA) is 111 Å². The van der Waals surface area contributed by atoms with Gasteiger partial charge in [-0.05, 0) is 12.1 Å². The Morgan fingerprint density at radius 1 is 1.17 bits per heavy atom. The van der Waals surface area contributed by atoms with Gasteiger partial charge in [-0.1, -0.05) is 18.2 Å². The number of rotatable bonds is 4. The van der Waals surface area contributed by atoms with Gasteiger partial charge < -0.3 is 9.84 Å². The minimum absolute atomic E-state index is 0.00266. The normalized spacial score (nSPS) is 11.6. The van der Waals surface area contributed by atoms with E-state index in [0.29, 0.717) is 0 Å². The Hall–Kier alpha value is -2.94. The molecule has 0 saturated heterocycles. The Morgan fingerprint density at radius 3 is 2.50 bits per heavy atom. The van der Waals surface area contributed by atoms with Crippen molar-refractivity contribution in [2.75, 3.05) is 13.4 Å². The van der Waals surface area contributed by atoms with Gasteiger partial charge in [-0.3, -0.25) is 0 Å². The summed E-state index contributed by atoms with van der Waals surface area (Å²) >= 11 is 0. The molecule has 124 valence electrons. The lowest BCUT2D eigenvalue weighted by Crippen LogP contribution is -2.03. The van der Waals surface area contributed by atoms with E-state index in [4.69, 9.17) is 4.74 Å². The quantitative estimate of drug-likeness (QED) is 0.761. The molecular weight excluding hydrogens is 334 g/mol. The Morgan fingerprint density at radius 2 is 1.88 bits per heavy atom. The average molecular weight is 347 g/mol. The molecule has 0 amide bonds. The average Bonchev–Trinajstić information content (AvgIpc) is 2.92. The van der Waals surface area contributed by atoms with Gasteiger partial charge in [-0.25, -0.2) is 13.2 Å². The maximum absolute atomic E-state index is 12.0. The minimum atomic E-state index is -3.56. The maximum atomic E-state index is 12.0. The summed E-state index contributed by atoms with van der Waals surface area (Å²) in [5.74, 6) is -0.972. The Bertz CT molecular complexity index is 1060. The lowest BCUT2D eigenvalue weighted by molar-refractivity contribution is 0.0699. The zero-order valence-electron chi connectivity index (χ0n) is 12.8. The first-order valence-corrected chi connectivity index (χ1v) is 8.69. The molecule has 0 aliphatic carbocycles. The predicted molar refractivity (Wildman–Crippen MR) is 85.0 cm³/mol. The maximum Gasteiger partial charge on any atom is 0.340 e. The highest BCUT2D eigenvalue weighted by Gasteiger charge is 2.25. The first-order valence-electron chi connectivity index (χ1n) is 6.79. The van der Waals surface area contributed by atoms with Gasteiger partial charge in [0.25, 0.3) is 0 Å². The highest BCUT2D eigenvalue weighted by Crippen LogP contribution is 2.31. The van der Waals surface area contributed by atoms with Crippen LogP contribution >= 0.6 is 0 Å². The van der Waals surface area contributed by atoms with Gasteiger partial charge in [0, 0.05) is 17.9 Å². The molecule has 0 aliphatic heterocycles. The molecule has 9 heteroatoms. The van der Waals surface area contributed by atoms with E-state index in [-0.39, 0.29) is 33.1 Å². The Balaban J connectivity index is 2.39. The number of hydrogen-bond acceptors (Lipinski definition) is 6. The molecule has 0 saturated carbocycles. The van der Waals surface area contributed by atoms with E-state index in [0.717, 1.165) is 10.9 Å². The minimum Gasteiger partial charge on any atom is -0.480 e. The lowest BCUT2D eigenvalue weighted by atomic mass is 10.1. The van der Waals surface area contributed by atoms with Crippen LogP contribution in [0.25, 0.3) is 16.8 Å². The number of methoxy groups -OCH3 is 1. The van der Waals surface area contributed by atoms with Gasteiger partial charge in [0.1, 0.15) is 16.8 Å². The number of fused-ring (bicyclic) bond motifs is 1. The lowest BCUT2D eigenvalue weighted by Gasteiger charge is -2.05. The third kappa shape index (κ3) is 2.58. The summed E-state index contributed by atoms with van der Waals surface area (Å²) in [6.07, 6.45) is 1.06. The van der Waals surface area contributed by atoms with E-state index in [1.54, 1.807) is 12.1 Å². The number of ether oxygens (including phenoxy) is 1. The third-order valence-electron chi connectivity index (χ3n) is 3.44. The molecule has 2 heterocycles. The van der Waals surface area contributed by atoms with Crippen molar-refractivity contribution in [2.24, 2.45) is 0 Å². The Labute approximate surface area is 137 Å². The molecule has 0 aliphatic rings. The van der Waals surface area contributed by atoms with Crippen LogP contribution in [0.1, 0.15) is 10.4 Å². The van der Waals surface area contributed by atoms with Crippen molar-refractivity contribution in [3.05, 3.63) is 42.0 Å². The number of carboxylic acid groups (broad SMARTS) is 1. The summed E-state index contributed by atoms with van der Waals surface area (Å²) in [5.41, 5.74) is 0.356. The number of sulfone groups is 1. The second-order valence-electron chi connectivity index (χ2n) is 5.05. The van der Waals surface area contributed by atoms with E-state index in [1.165, 1.54) is 31.4 Å². The zero-order chi connectivity index (χ0) is 17.5. The number of carbonyl (C=O) groups is 1. The monoisotopic (exact) mass is 347 g/mol. The molecule has 1 aromatic carbocycles. The SMILES string of the molecule is COc1ccc2c(C(=O)O)c(-c3ccccc3S(C)(=O)=O)nn2n1. The van der Waals surface area contributed by atoms with Gasteiger partial charge in [-0.2, -0.15) is 0 Å². The molecule has 0 atom stereocenters. The van der Waals surface area contributed by atoms with Crippen LogP contribution in [0, 0.1) is 0 Å². The van der Waals surface area contributed by atoms with Crippen LogP contribution in [0.15, 0.2) is 41.3 Å². The van der Waals surface area contributed by atoms with Crippen LogP contribution in [0.2, 0.25) is 0 Å².